The first-order chi connectivity index (χ1) is 7.63. The van der Waals surface area contributed by atoms with Crippen molar-refractivity contribution in [2.24, 2.45) is 0 Å². The Kier molecular flexibility index (Phi) is 5.25. The molecule has 0 aliphatic rings. The number of carbonyl (C=O) groups is 1. The van der Waals surface area contributed by atoms with Gasteiger partial charge in [-0.2, -0.15) is 0 Å². The lowest BCUT2D eigenvalue weighted by Crippen LogP contribution is -2.35. The van der Waals surface area contributed by atoms with Gasteiger partial charge in [0, 0.05) is 24.3 Å². The van der Waals surface area contributed by atoms with E-state index in [0.717, 1.165) is 23.3 Å². The zero-order valence-corrected chi connectivity index (χ0v) is 11.1. The Morgan fingerprint density at radius 1 is 1.56 bits per heavy atom. The molecule has 0 aliphatic heterocycles. The fraction of sp³-hybridized carbons (Fsp3) is 0.455. The maximum Gasteiger partial charge on any atom is 0.239 e. The van der Waals surface area contributed by atoms with Crippen molar-refractivity contribution in [1.82, 2.24) is 10.3 Å². The minimum absolute atomic E-state index is 0.0223. The lowest BCUT2D eigenvalue weighted by Gasteiger charge is -2.17. The average molecular weight is 286 g/mol. The Morgan fingerprint density at radius 3 is 2.88 bits per heavy atom. The third-order valence-electron chi connectivity index (χ3n) is 2.06. The fourth-order valence-corrected chi connectivity index (χ4v) is 1.45. The van der Waals surface area contributed by atoms with Gasteiger partial charge in [-0.25, -0.2) is 4.98 Å². The number of aromatic nitrogens is 1. The summed E-state index contributed by atoms with van der Waals surface area (Å²) in [6.07, 6.45) is 2.67. The molecule has 1 N–H and O–H groups in total. The van der Waals surface area contributed by atoms with E-state index < -0.39 is 0 Å². The zero-order chi connectivity index (χ0) is 12.0. The number of nitrogens with zero attached hydrogens (tertiary/aromatic N) is 2. The van der Waals surface area contributed by atoms with Gasteiger partial charge in [0.25, 0.3) is 0 Å². The second-order valence-corrected chi connectivity index (χ2v) is 4.46. The minimum Gasteiger partial charge on any atom is -0.355 e. The van der Waals surface area contributed by atoms with E-state index in [1.807, 2.05) is 31.0 Å². The van der Waals surface area contributed by atoms with Crippen LogP contribution < -0.4 is 10.2 Å². The van der Waals surface area contributed by atoms with E-state index in [-0.39, 0.29) is 5.91 Å². The maximum absolute atomic E-state index is 11.5. The van der Waals surface area contributed by atoms with Crippen LogP contribution >= 0.6 is 15.9 Å². The van der Waals surface area contributed by atoms with Crippen LogP contribution in [0.25, 0.3) is 0 Å². The number of likely N-dealkylation sites (N-methyl/N-ethyl adjacent to an activating group) is 1. The molecule has 4 nitrogen and oxygen atoms in total. The van der Waals surface area contributed by atoms with Crippen LogP contribution in [0.2, 0.25) is 0 Å². The van der Waals surface area contributed by atoms with Crippen LogP contribution in [0.4, 0.5) is 5.82 Å². The predicted molar refractivity (Wildman–Crippen MR) is 68.5 cm³/mol. The second-order valence-electron chi connectivity index (χ2n) is 3.54. The van der Waals surface area contributed by atoms with Crippen LogP contribution in [0.15, 0.2) is 22.8 Å². The first kappa shape index (κ1) is 13.0. The molecule has 0 atom stereocenters. The molecular formula is C11H16BrN3O. The lowest BCUT2D eigenvalue weighted by atomic mass is 10.4. The molecule has 0 saturated heterocycles. The Balaban J connectivity index is 2.48. The molecule has 0 aliphatic carbocycles. The monoisotopic (exact) mass is 285 g/mol. The van der Waals surface area contributed by atoms with Gasteiger partial charge in [0.1, 0.15) is 5.82 Å². The number of halogens is 1. The molecule has 0 bridgehead atoms. The summed E-state index contributed by atoms with van der Waals surface area (Å²) in [6.45, 7) is 3.08. The van der Waals surface area contributed by atoms with Crippen LogP contribution in [-0.2, 0) is 4.79 Å². The van der Waals surface area contributed by atoms with Crippen molar-refractivity contribution < 1.29 is 4.79 Å². The molecule has 0 spiro atoms. The SMILES string of the molecule is CCCNC(=O)CN(C)c1ccc(Br)cn1. The minimum atomic E-state index is 0.0223. The van der Waals surface area contributed by atoms with Gasteiger partial charge in [0.05, 0.1) is 6.54 Å². The number of nitrogens with one attached hydrogen (secondary N) is 1. The highest BCUT2D eigenvalue weighted by molar-refractivity contribution is 9.10. The molecule has 0 fully saturated rings. The van der Waals surface area contributed by atoms with Gasteiger partial charge in [-0.1, -0.05) is 6.92 Å². The summed E-state index contributed by atoms with van der Waals surface area (Å²) in [5, 5.41) is 2.83. The highest BCUT2D eigenvalue weighted by atomic mass is 79.9. The third kappa shape index (κ3) is 4.18. The van der Waals surface area contributed by atoms with Crippen molar-refractivity contribution in [2.75, 3.05) is 25.0 Å². The predicted octanol–water partition coefficient (Wildman–Crippen LogP) is 1.81. The topological polar surface area (TPSA) is 45.2 Å². The van der Waals surface area contributed by atoms with E-state index in [1.54, 1.807) is 6.20 Å². The van der Waals surface area contributed by atoms with Crippen molar-refractivity contribution in [1.29, 1.82) is 0 Å². The molecule has 1 rings (SSSR count). The van der Waals surface area contributed by atoms with Crippen LogP contribution in [0, 0.1) is 0 Å². The second kappa shape index (κ2) is 6.48. The summed E-state index contributed by atoms with van der Waals surface area (Å²) >= 11 is 3.32. The molecule has 5 heteroatoms. The van der Waals surface area contributed by atoms with Crippen molar-refractivity contribution in [3.8, 4) is 0 Å². The number of amides is 1. The molecule has 0 saturated carbocycles. The summed E-state index contributed by atoms with van der Waals surface area (Å²) in [5.41, 5.74) is 0. The molecule has 0 aromatic carbocycles. The molecule has 16 heavy (non-hydrogen) atoms. The number of pyridine rings is 1. The van der Waals surface area contributed by atoms with E-state index in [4.69, 9.17) is 0 Å². The molecule has 88 valence electrons. The quantitative estimate of drug-likeness (QED) is 0.898. The number of hydrogen-bond donors (Lipinski definition) is 1. The van der Waals surface area contributed by atoms with Gasteiger partial charge in [0.15, 0.2) is 0 Å². The van der Waals surface area contributed by atoms with Gasteiger partial charge in [-0.3, -0.25) is 4.79 Å². The van der Waals surface area contributed by atoms with E-state index >= 15 is 0 Å². The summed E-state index contributed by atoms with van der Waals surface area (Å²) in [7, 11) is 1.85. The van der Waals surface area contributed by atoms with Gasteiger partial charge >= 0.3 is 0 Å². The maximum atomic E-state index is 11.5. The number of rotatable bonds is 5. The first-order valence-corrected chi connectivity index (χ1v) is 6.02. The number of hydrogen-bond acceptors (Lipinski definition) is 3. The van der Waals surface area contributed by atoms with Gasteiger partial charge in [-0.05, 0) is 34.5 Å². The van der Waals surface area contributed by atoms with E-state index in [1.165, 1.54) is 0 Å². The smallest absolute Gasteiger partial charge is 0.239 e. The standard InChI is InChI=1S/C11H16BrN3O/c1-3-6-13-11(16)8-15(2)10-5-4-9(12)7-14-10/h4-5,7H,3,6,8H2,1-2H3,(H,13,16). The Bertz CT molecular complexity index is 340. The Labute approximate surface area is 104 Å². The van der Waals surface area contributed by atoms with Gasteiger partial charge in [0.2, 0.25) is 5.91 Å². The lowest BCUT2D eigenvalue weighted by molar-refractivity contribution is -0.119. The summed E-state index contributed by atoms with van der Waals surface area (Å²) in [4.78, 5) is 17.5. The normalized spacial score (nSPS) is 9.94. The average Bonchev–Trinajstić information content (AvgIpc) is 2.27. The Hall–Kier alpha value is -1.10. The summed E-state index contributed by atoms with van der Waals surface area (Å²) < 4.78 is 0.931. The van der Waals surface area contributed by atoms with Crippen LogP contribution in [0.5, 0.6) is 0 Å². The van der Waals surface area contributed by atoms with E-state index in [2.05, 4.69) is 26.2 Å². The third-order valence-corrected chi connectivity index (χ3v) is 2.52. The zero-order valence-electron chi connectivity index (χ0n) is 9.53. The molecule has 1 aromatic heterocycles. The molecular weight excluding hydrogens is 270 g/mol. The van der Waals surface area contributed by atoms with Crippen LogP contribution in [0.1, 0.15) is 13.3 Å². The van der Waals surface area contributed by atoms with Crippen LogP contribution in [-0.4, -0.2) is 31.0 Å². The van der Waals surface area contributed by atoms with Gasteiger partial charge < -0.3 is 10.2 Å². The molecule has 1 amide bonds. The van der Waals surface area contributed by atoms with Gasteiger partial charge in [-0.15, -0.1) is 0 Å². The van der Waals surface area contributed by atoms with E-state index in [0.29, 0.717) is 6.54 Å². The van der Waals surface area contributed by atoms with Crippen molar-refractivity contribution in [3.05, 3.63) is 22.8 Å². The van der Waals surface area contributed by atoms with Crippen molar-refractivity contribution >= 4 is 27.7 Å². The molecule has 0 radical (unpaired) electrons. The van der Waals surface area contributed by atoms with Crippen molar-refractivity contribution in [2.45, 2.75) is 13.3 Å². The summed E-state index contributed by atoms with van der Waals surface area (Å²) in [6, 6.07) is 3.78. The highest BCUT2D eigenvalue weighted by Gasteiger charge is 2.07. The molecule has 0 unspecified atom stereocenters. The summed E-state index contributed by atoms with van der Waals surface area (Å²) in [5.74, 6) is 0.809. The highest BCUT2D eigenvalue weighted by Crippen LogP contribution is 2.12. The van der Waals surface area contributed by atoms with Crippen LogP contribution in [0.3, 0.4) is 0 Å². The molecule has 1 aromatic rings. The number of anilines is 1. The fourth-order valence-electron chi connectivity index (χ4n) is 1.21. The first-order valence-electron chi connectivity index (χ1n) is 5.23. The number of carbonyl (C=O) groups excluding carboxylic acids is 1. The molecule has 1 heterocycles. The largest absolute Gasteiger partial charge is 0.355 e. The van der Waals surface area contributed by atoms with E-state index in [9.17, 15) is 4.79 Å². The Morgan fingerprint density at radius 2 is 2.31 bits per heavy atom. The van der Waals surface area contributed by atoms with Crippen molar-refractivity contribution in [3.63, 3.8) is 0 Å².